The molecule has 0 unspecified atom stereocenters. The van der Waals surface area contributed by atoms with Gasteiger partial charge in [0.15, 0.2) is 0 Å². The standard InChI is InChI=1S/C36H22BN3.C30H17BN2O.2C30H17BN2S/c1-2-11-23(12-3-1)38-31-17-7-4-15-26(31)29-21-28-25-14-6-8-18-32(25)39-34-20-10-16-27-24-13-5-9-19-33(24)40(36(27)34)37(39)30(28)22-35(29)38;1-4-12-23-18(8-1)19-11-7-14-25-30(19)33(23)31-22-16-17-27-29(21-10-3-6-15-26(21)34-27)28(22)20-9-2-5-13-24(20)32(25)31;1-5-13-26-18(8-1)21-11-7-14-27-30(21)33(26)31-24-17-29-23(20-10-3-6-15-28(20)34-29)16-22(24)19-9-2-4-12-25(19)32(27)31;1-4-12-23-18(8-1)19-11-7-14-25-30(19)33(23)31-22-16-17-27-29(21-10-3-6-15-26(21)34-27)28(22)20-9-2-5-13-24(20)32(25)31/h1-22H;3*1-17H. The molecular weight excluding hydrogens is 1760 g/mol. The van der Waals surface area contributed by atoms with Crippen LogP contribution in [0.15, 0.2) is 447 Å². The maximum absolute atomic E-state index is 6.30. The lowest BCUT2D eigenvalue weighted by atomic mass is 9.60. The van der Waals surface area contributed by atoms with Crippen molar-refractivity contribution in [3.05, 3.63) is 443 Å². The van der Waals surface area contributed by atoms with E-state index in [1.807, 2.05) is 28.7 Å². The molecule has 8 aliphatic rings. The van der Waals surface area contributed by atoms with Gasteiger partial charge in [0.05, 0.1) is 55.8 Å². The van der Waals surface area contributed by atoms with Crippen molar-refractivity contribution in [1.29, 1.82) is 0 Å². The van der Waals surface area contributed by atoms with Crippen molar-refractivity contribution in [2.24, 2.45) is 0 Å². The quantitative estimate of drug-likeness (QED) is 0.153. The molecule has 8 aliphatic heterocycles. The first kappa shape index (κ1) is 76.4. The molecule has 0 amide bonds. The molecule has 0 spiro atoms. The Morgan fingerprint density at radius 1 is 0.183 bits per heavy atom. The van der Waals surface area contributed by atoms with E-state index in [1.54, 1.807) is 0 Å². The predicted octanol–water partition coefficient (Wildman–Crippen LogP) is 30.4. The number of para-hydroxylation sites is 15. The molecule has 0 saturated heterocycles. The summed E-state index contributed by atoms with van der Waals surface area (Å²) in [7, 11) is 0. The summed E-state index contributed by atoms with van der Waals surface area (Å²) >= 11 is 3.80. The molecule has 16 heterocycles. The van der Waals surface area contributed by atoms with Crippen LogP contribution in [0.25, 0.3) is 222 Å². The van der Waals surface area contributed by atoms with E-state index in [2.05, 4.69) is 479 Å². The van der Waals surface area contributed by atoms with Crippen LogP contribution in [0.1, 0.15) is 0 Å². The molecule has 652 valence electrons. The number of hydrogen-bond acceptors (Lipinski definition) is 7. The molecular formula is C126H73B4N9OS2. The highest BCUT2D eigenvalue weighted by molar-refractivity contribution is 7.26. The van der Waals surface area contributed by atoms with E-state index in [1.165, 1.54) is 278 Å². The molecule has 0 saturated carbocycles. The summed E-state index contributed by atoms with van der Waals surface area (Å²) in [6.45, 7) is 0.311. The zero-order chi connectivity index (χ0) is 91.8. The van der Waals surface area contributed by atoms with E-state index in [9.17, 15) is 0 Å². The number of thiophene rings is 2. The molecule has 0 atom stereocenters. The van der Waals surface area contributed by atoms with Crippen molar-refractivity contribution in [3.63, 3.8) is 0 Å². The zero-order valence-electron chi connectivity index (χ0n) is 76.2. The van der Waals surface area contributed by atoms with Crippen LogP contribution < -0.4 is 41.1 Å². The first-order valence-corrected chi connectivity index (χ1v) is 50.8. The number of furan rings is 1. The van der Waals surface area contributed by atoms with Crippen molar-refractivity contribution >= 4 is 289 Å². The second kappa shape index (κ2) is 28.1. The van der Waals surface area contributed by atoms with Gasteiger partial charge in [0.2, 0.25) is 0 Å². The zero-order valence-corrected chi connectivity index (χ0v) is 77.8. The van der Waals surface area contributed by atoms with E-state index in [0.717, 1.165) is 11.2 Å². The summed E-state index contributed by atoms with van der Waals surface area (Å²) < 4.78 is 24.4. The van der Waals surface area contributed by atoms with Crippen molar-refractivity contribution in [2.75, 3.05) is 19.2 Å². The Morgan fingerprint density at radius 3 is 1.03 bits per heavy atom. The van der Waals surface area contributed by atoms with E-state index >= 15 is 0 Å². The summed E-state index contributed by atoms with van der Waals surface area (Å²) in [4.78, 5) is 10.2. The average molecular weight is 1840 g/mol. The number of nitrogens with zero attached hydrogens (tertiary/aromatic N) is 9. The lowest BCUT2D eigenvalue weighted by molar-refractivity contribution is 0.669. The van der Waals surface area contributed by atoms with E-state index < -0.39 is 0 Å². The molecule has 10 nitrogen and oxygen atoms in total. The molecule has 0 fully saturated rings. The third kappa shape index (κ3) is 9.81. The number of benzene rings is 21. The Labute approximate surface area is 822 Å². The monoisotopic (exact) mass is 1840 g/mol. The lowest BCUT2D eigenvalue weighted by Gasteiger charge is -2.35. The van der Waals surface area contributed by atoms with Crippen LogP contribution >= 0.6 is 22.7 Å². The first-order valence-electron chi connectivity index (χ1n) is 49.1. The van der Waals surface area contributed by atoms with Gasteiger partial charge in [-0.05, 0) is 190 Å². The number of anilines is 8. The van der Waals surface area contributed by atoms with Gasteiger partial charge in [-0.2, -0.15) is 0 Å². The number of aromatic nitrogens is 5. The van der Waals surface area contributed by atoms with E-state index in [0.29, 0.717) is 0 Å². The second-order valence-corrected chi connectivity index (χ2v) is 41.1. The van der Waals surface area contributed by atoms with Gasteiger partial charge in [0.25, 0.3) is 0 Å². The summed E-state index contributed by atoms with van der Waals surface area (Å²) in [6, 6.07) is 163. The van der Waals surface area contributed by atoms with Crippen molar-refractivity contribution in [3.8, 4) is 50.2 Å². The van der Waals surface area contributed by atoms with Crippen LogP contribution in [0, 0.1) is 0 Å². The number of hydrogen-bond donors (Lipinski definition) is 0. The average Bonchev–Trinajstić information content (AvgIpc) is 1.53. The Kier molecular flexibility index (Phi) is 15.1. The van der Waals surface area contributed by atoms with Gasteiger partial charge >= 0.3 is 27.9 Å². The number of rotatable bonds is 1. The van der Waals surface area contributed by atoms with Gasteiger partial charge in [-0.25, -0.2) is 0 Å². The summed E-state index contributed by atoms with van der Waals surface area (Å²) in [5, 5.41) is 21.1. The van der Waals surface area contributed by atoms with Gasteiger partial charge in [0.1, 0.15) is 11.2 Å². The highest BCUT2D eigenvalue weighted by Crippen LogP contribution is 2.58. The Morgan fingerprint density at radius 2 is 0.528 bits per heavy atom. The molecule has 142 heavy (non-hydrogen) atoms. The molecule has 0 bridgehead atoms. The van der Waals surface area contributed by atoms with Crippen LogP contribution in [0.3, 0.4) is 0 Å². The van der Waals surface area contributed by atoms with Crippen LogP contribution in [0.2, 0.25) is 0 Å². The van der Waals surface area contributed by atoms with Gasteiger partial charge in [-0.15, -0.1) is 22.7 Å². The van der Waals surface area contributed by atoms with Crippen molar-refractivity contribution < 1.29 is 4.42 Å². The van der Waals surface area contributed by atoms with Crippen LogP contribution in [-0.4, -0.2) is 50.4 Å². The predicted molar refractivity (Wildman–Crippen MR) is 604 cm³/mol. The van der Waals surface area contributed by atoms with Gasteiger partial charge in [-0.3, -0.25) is 0 Å². The van der Waals surface area contributed by atoms with Crippen molar-refractivity contribution in [2.45, 2.75) is 0 Å². The minimum Gasteiger partial charge on any atom is -0.456 e. The first-order chi connectivity index (χ1) is 70.6. The van der Waals surface area contributed by atoms with E-state index in [-0.39, 0.29) is 27.9 Å². The molecule has 16 heteroatoms. The number of fused-ring (bicyclic) bond motifs is 58. The minimum atomic E-state index is 0.0383. The van der Waals surface area contributed by atoms with Crippen LogP contribution in [0.4, 0.5) is 45.5 Å². The Hall–Kier alpha value is -17.7. The third-order valence-corrected chi connectivity index (χ3v) is 34.5. The smallest absolute Gasteiger partial charge is 0.421 e. The summed E-state index contributed by atoms with van der Waals surface area (Å²) in [6.07, 6.45) is 0. The maximum Gasteiger partial charge on any atom is 0.421 e. The van der Waals surface area contributed by atoms with Gasteiger partial charge in [0, 0.05) is 178 Å². The van der Waals surface area contributed by atoms with E-state index in [4.69, 9.17) is 4.42 Å². The Balaban J connectivity index is 0.0000000824. The molecule has 37 rings (SSSR count). The molecule has 8 aromatic heterocycles. The highest BCUT2D eigenvalue weighted by Gasteiger charge is 2.51. The fourth-order valence-corrected chi connectivity index (χ4v) is 29.2. The SMILES string of the molecule is c1ccc(-n2c3ccccc3c3cc4c(cc32)B2N(c3ccccc3-4)c3cccc4c5ccccc5n2c34)cc1.c1ccc2c(c1)-c1c(ccc3oc4ccccc4c13)B1N2c2cccc3c4ccccc4n1c23.c1ccc2c(c1)-c1c(ccc3sc4ccccc4c13)B1N2c2cccc3c4ccccc4n1c23.c1ccc2c(c1)-c1cc3c(cc1B1N2c2cccc4c5ccccc5n1c24)sc1ccccc13. The fourth-order valence-electron chi connectivity index (χ4n) is 26.9. The topological polar surface area (TPSA) is 50.8 Å². The molecule has 21 aromatic carbocycles. The van der Waals surface area contributed by atoms with Gasteiger partial charge < -0.3 is 46.1 Å². The maximum atomic E-state index is 6.30. The molecule has 0 aliphatic carbocycles. The normalized spacial score (nSPS) is 13.7. The van der Waals surface area contributed by atoms with Crippen LogP contribution in [0.5, 0.6) is 0 Å². The van der Waals surface area contributed by atoms with Crippen molar-refractivity contribution in [1.82, 2.24) is 22.5 Å². The largest absolute Gasteiger partial charge is 0.456 e. The third-order valence-electron chi connectivity index (χ3n) is 32.3. The van der Waals surface area contributed by atoms with Gasteiger partial charge in [-0.1, -0.05) is 297 Å². The fraction of sp³-hybridized carbons (Fsp3) is 0. The highest BCUT2D eigenvalue weighted by atomic mass is 32.1. The molecule has 29 aromatic rings. The Bertz CT molecular complexity index is 10500. The molecule has 0 N–H and O–H groups in total. The minimum absolute atomic E-state index is 0.0383. The lowest BCUT2D eigenvalue weighted by Crippen LogP contribution is -2.51. The summed E-state index contributed by atoms with van der Waals surface area (Å²) in [5.41, 5.74) is 42.3. The van der Waals surface area contributed by atoms with Crippen LogP contribution in [-0.2, 0) is 0 Å². The second-order valence-electron chi connectivity index (χ2n) is 39.0. The molecule has 0 radical (unpaired) electrons. The summed E-state index contributed by atoms with van der Waals surface area (Å²) in [5.74, 6) is 0.